The molecule has 0 saturated carbocycles. The van der Waals surface area contributed by atoms with Crippen molar-refractivity contribution >= 4 is 16.8 Å². The van der Waals surface area contributed by atoms with Gasteiger partial charge in [-0.3, -0.25) is 9.89 Å². The first kappa shape index (κ1) is 11.5. The van der Waals surface area contributed by atoms with Gasteiger partial charge in [0.1, 0.15) is 17.0 Å². The third-order valence-corrected chi connectivity index (χ3v) is 2.77. The van der Waals surface area contributed by atoms with Crippen molar-refractivity contribution in [3.05, 3.63) is 53.9 Å². The lowest BCUT2D eigenvalue weighted by atomic mass is 10.2. The van der Waals surface area contributed by atoms with E-state index in [0.29, 0.717) is 11.1 Å². The Bertz CT molecular complexity index is 719. The van der Waals surface area contributed by atoms with Crippen LogP contribution in [0.25, 0.3) is 10.9 Å². The molecule has 2 heterocycles. The van der Waals surface area contributed by atoms with Crippen LogP contribution < -0.4 is 5.32 Å². The molecule has 0 aliphatic carbocycles. The van der Waals surface area contributed by atoms with Crippen LogP contribution in [0.15, 0.2) is 41.0 Å². The lowest BCUT2D eigenvalue weighted by molar-refractivity contribution is 0.0944. The molecule has 0 radical (unpaired) electrons. The zero-order chi connectivity index (χ0) is 13.2. The van der Waals surface area contributed by atoms with Crippen LogP contribution in [0.4, 0.5) is 4.39 Å². The van der Waals surface area contributed by atoms with Gasteiger partial charge >= 0.3 is 0 Å². The number of amides is 1. The maximum absolute atomic E-state index is 13.4. The predicted octanol–water partition coefficient (Wildman–Crippen LogP) is 2.22. The second-order valence-corrected chi connectivity index (χ2v) is 4.00. The van der Waals surface area contributed by atoms with E-state index in [0.717, 1.165) is 0 Å². The quantitative estimate of drug-likeness (QED) is 0.757. The number of aromatic nitrogens is 2. The molecule has 0 unspecified atom stereocenters. The number of H-pyrrole nitrogens is 1. The van der Waals surface area contributed by atoms with E-state index in [9.17, 15) is 9.18 Å². The van der Waals surface area contributed by atoms with Gasteiger partial charge in [0.25, 0.3) is 5.91 Å². The molecule has 3 rings (SSSR count). The summed E-state index contributed by atoms with van der Waals surface area (Å²) in [7, 11) is 0. The summed E-state index contributed by atoms with van der Waals surface area (Å²) >= 11 is 0. The van der Waals surface area contributed by atoms with Gasteiger partial charge < -0.3 is 9.73 Å². The van der Waals surface area contributed by atoms with E-state index in [1.165, 1.54) is 18.4 Å². The fraction of sp³-hybridized carbons (Fsp3) is 0.0769. The van der Waals surface area contributed by atoms with Crippen molar-refractivity contribution in [3.63, 3.8) is 0 Å². The summed E-state index contributed by atoms with van der Waals surface area (Å²) in [6.07, 6.45) is 1.53. The van der Waals surface area contributed by atoms with Crippen LogP contribution in [0.5, 0.6) is 0 Å². The van der Waals surface area contributed by atoms with Gasteiger partial charge in [0.05, 0.1) is 12.8 Å². The Morgan fingerprint density at radius 1 is 1.37 bits per heavy atom. The minimum absolute atomic E-state index is 0.158. The van der Waals surface area contributed by atoms with Gasteiger partial charge in [0, 0.05) is 5.39 Å². The van der Waals surface area contributed by atoms with Crippen molar-refractivity contribution in [2.24, 2.45) is 0 Å². The van der Waals surface area contributed by atoms with E-state index in [-0.39, 0.29) is 23.7 Å². The number of hydrogen-bond donors (Lipinski definition) is 2. The zero-order valence-corrected chi connectivity index (χ0v) is 9.81. The topological polar surface area (TPSA) is 70.9 Å². The van der Waals surface area contributed by atoms with Crippen LogP contribution in [-0.2, 0) is 6.54 Å². The monoisotopic (exact) mass is 259 g/mol. The molecule has 0 bridgehead atoms. The number of fused-ring (bicyclic) bond motifs is 1. The van der Waals surface area contributed by atoms with Crippen LogP contribution in [0, 0.1) is 5.82 Å². The molecule has 3 aromatic rings. The summed E-state index contributed by atoms with van der Waals surface area (Å²) in [5.41, 5.74) is 0.395. The number of halogens is 1. The molecule has 1 aromatic carbocycles. The molecular formula is C13H10FN3O2. The SMILES string of the molecule is O=C(NCc1ccco1)c1[nH]nc2c(F)cccc12. The molecule has 5 nitrogen and oxygen atoms in total. The highest BCUT2D eigenvalue weighted by Gasteiger charge is 2.15. The first-order chi connectivity index (χ1) is 9.25. The highest BCUT2D eigenvalue weighted by Crippen LogP contribution is 2.18. The Morgan fingerprint density at radius 2 is 2.26 bits per heavy atom. The maximum atomic E-state index is 13.4. The van der Waals surface area contributed by atoms with E-state index in [1.54, 1.807) is 18.2 Å². The molecule has 96 valence electrons. The number of carbonyl (C=O) groups excluding carboxylic acids is 1. The highest BCUT2D eigenvalue weighted by atomic mass is 19.1. The third kappa shape index (κ3) is 2.08. The van der Waals surface area contributed by atoms with Crippen molar-refractivity contribution in [3.8, 4) is 0 Å². The Balaban J connectivity index is 1.84. The van der Waals surface area contributed by atoms with Gasteiger partial charge in [-0.1, -0.05) is 12.1 Å². The van der Waals surface area contributed by atoms with Gasteiger partial charge in [0.15, 0.2) is 5.82 Å². The van der Waals surface area contributed by atoms with Crippen molar-refractivity contribution in [2.45, 2.75) is 6.54 Å². The van der Waals surface area contributed by atoms with Crippen LogP contribution in [0.2, 0.25) is 0 Å². The molecule has 0 aliphatic heterocycles. The first-order valence-electron chi connectivity index (χ1n) is 5.69. The molecule has 0 aliphatic rings. The zero-order valence-electron chi connectivity index (χ0n) is 9.81. The Kier molecular flexibility index (Phi) is 2.75. The van der Waals surface area contributed by atoms with Gasteiger partial charge in [-0.2, -0.15) is 5.10 Å². The van der Waals surface area contributed by atoms with E-state index in [4.69, 9.17) is 4.42 Å². The van der Waals surface area contributed by atoms with Crippen LogP contribution >= 0.6 is 0 Å². The molecule has 19 heavy (non-hydrogen) atoms. The number of hydrogen-bond acceptors (Lipinski definition) is 3. The standard InChI is InChI=1S/C13H10FN3O2/c14-10-5-1-4-9-11(10)16-17-12(9)13(18)15-7-8-3-2-6-19-8/h1-6H,7H2,(H,15,18)(H,16,17). The summed E-state index contributed by atoms with van der Waals surface area (Å²) in [5, 5.41) is 9.48. The molecule has 0 atom stereocenters. The number of aromatic amines is 1. The Labute approximate surface area is 107 Å². The molecule has 2 N–H and O–H groups in total. The third-order valence-electron chi connectivity index (χ3n) is 2.77. The van der Waals surface area contributed by atoms with Gasteiger partial charge in [-0.05, 0) is 18.2 Å². The summed E-state index contributed by atoms with van der Waals surface area (Å²) in [4.78, 5) is 12.0. The molecular weight excluding hydrogens is 249 g/mol. The fourth-order valence-electron chi connectivity index (χ4n) is 1.84. The summed E-state index contributed by atoms with van der Waals surface area (Å²) in [5.74, 6) is -0.174. The van der Waals surface area contributed by atoms with Crippen LogP contribution in [0.3, 0.4) is 0 Å². The first-order valence-corrected chi connectivity index (χ1v) is 5.69. The Hall–Kier alpha value is -2.63. The van der Waals surface area contributed by atoms with Crippen molar-refractivity contribution in [1.29, 1.82) is 0 Å². The fourth-order valence-corrected chi connectivity index (χ4v) is 1.84. The number of para-hydroxylation sites is 1. The lowest BCUT2D eigenvalue weighted by Crippen LogP contribution is -2.23. The largest absolute Gasteiger partial charge is 0.467 e. The average Bonchev–Trinajstić information content (AvgIpc) is 3.06. The number of furan rings is 1. The van der Waals surface area contributed by atoms with Crippen molar-refractivity contribution < 1.29 is 13.6 Å². The van der Waals surface area contributed by atoms with Crippen molar-refractivity contribution in [1.82, 2.24) is 15.5 Å². The van der Waals surface area contributed by atoms with E-state index in [1.807, 2.05) is 0 Å². The summed E-state index contributed by atoms with van der Waals surface area (Å²) < 4.78 is 18.6. The molecule has 6 heteroatoms. The van der Waals surface area contributed by atoms with Gasteiger partial charge in [0.2, 0.25) is 0 Å². The number of rotatable bonds is 3. The molecule has 2 aromatic heterocycles. The molecule has 1 amide bonds. The minimum atomic E-state index is -0.459. The smallest absolute Gasteiger partial charge is 0.270 e. The predicted molar refractivity (Wildman–Crippen MR) is 65.9 cm³/mol. The molecule has 0 spiro atoms. The minimum Gasteiger partial charge on any atom is -0.467 e. The highest BCUT2D eigenvalue weighted by molar-refractivity contribution is 6.04. The summed E-state index contributed by atoms with van der Waals surface area (Å²) in [6.45, 7) is 0.266. The molecule has 0 saturated heterocycles. The lowest BCUT2D eigenvalue weighted by Gasteiger charge is -2.01. The van der Waals surface area contributed by atoms with Crippen LogP contribution in [-0.4, -0.2) is 16.1 Å². The Morgan fingerprint density at radius 3 is 3.05 bits per heavy atom. The number of nitrogens with zero attached hydrogens (tertiary/aromatic N) is 1. The second kappa shape index (κ2) is 4.56. The van der Waals surface area contributed by atoms with Crippen LogP contribution in [0.1, 0.15) is 16.2 Å². The van der Waals surface area contributed by atoms with Gasteiger partial charge in [-0.25, -0.2) is 4.39 Å². The average molecular weight is 259 g/mol. The number of benzene rings is 1. The normalized spacial score (nSPS) is 10.8. The van der Waals surface area contributed by atoms with E-state index >= 15 is 0 Å². The summed E-state index contributed by atoms with van der Waals surface area (Å²) in [6, 6.07) is 7.97. The van der Waals surface area contributed by atoms with E-state index < -0.39 is 5.82 Å². The van der Waals surface area contributed by atoms with Crippen molar-refractivity contribution in [2.75, 3.05) is 0 Å². The number of nitrogens with one attached hydrogen (secondary N) is 2. The van der Waals surface area contributed by atoms with Gasteiger partial charge in [-0.15, -0.1) is 0 Å². The molecule has 0 fully saturated rings. The second-order valence-electron chi connectivity index (χ2n) is 4.00. The maximum Gasteiger partial charge on any atom is 0.270 e. The van der Waals surface area contributed by atoms with E-state index in [2.05, 4.69) is 15.5 Å². The number of carbonyl (C=O) groups is 1.